The van der Waals surface area contributed by atoms with Gasteiger partial charge < -0.3 is 10.4 Å². The van der Waals surface area contributed by atoms with Gasteiger partial charge in [-0.3, -0.25) is 9.69 Å². The molecule has 2 N–H and O–H groups in total. The van der Waals surface area contributed by atoms with Gasteiger partial charge in [-0.1, -0.05) is 13.8 Å². The zero-order valence-corrected chi connectivity index (χ0v) is 13.5. The minimum Gasteiger partial charge on any atom is -0.480 e. The molecular formula is C15H32N2O2. The average Bonchev–Trinajstić information content (AvgIpc) is 2.32. The van der Waals surface area contributed by atoms with E-state index in [4.69, 9.17) is 0 Å². The highest BCUT2D eigenvalue weighted by Crippen LogP contribution is 2.19. The van der Waals surface area contributed by atoms with Crippen LogP contribution in [0, 0.1) is 0 Å². The highest BCUT2D eigenvalue weighted by Gasteiger charge is 2.35. The van der Waals surface area contributed by atoms with Gasteiger partial charge in [0.05, 0.1) is 0 Å². The molecule has 2 unspecified atom stereocenters. The van der Waals surface area contributed by atoms with Gasteiger partial charge >= 0.3 is 5.97 Å². The Hall–Kier alpha value is -0.610. The van der Waals surface area contributed by atoms with E-state index in [9.17, 15) is 9.90 Å². The zero-order chi connectivity index (χ0) is 15.1. The van der Waals surface area contributed by atoms with Crippen LogP contribution in [0.15, 0.2) is 0 Å². The number of carboxylic acid groups (broad SMARTS) is 1. The molecule has 0 spiro atoms. The fourth-order valence-corrected chi connectivity index (χ4v) is 2.59. The molecule has 0 aromatic heterocycles. The molecule has 19 heavy (non-hydrogen) atoms. The Morgan fingerprint density at radius 3 is 2.21 bits per heavy atom. The third-order valence-electron chi connectivity index (χ3n) is 3.65. The van der Waals surface area contributed by atoms with Crippen molar-refractivity contribution in [1.29, 1.82) is 0 Å². The lowest BCUT2D eigenvalue weighted by Crippen LogP contribution is -2.54. The molecule has 4 heteroatoms. The van der Waals surface area contributed by atoms with Gasteiger partial charge in [0.2, 0.25) is 0 Å². The van der Waals surface area contributed by atoms with Crippen LogP contribution in [-0.4, -0.2) is 46.7 Å². The largest absolute Gasteiger partial charge is 0.480 e. The van der Waals surface area contributed by atoms with E-state index in [1.54, 1.807) is 6.92 Å². The van der Waals surface area contributed by atoms with Crippen LogP contribution in [0.4, 0.5) is 0 Å². The Morgan fingerprint density at radius 1 is 1.26 bits per heavy atom. The molecule has 0 fully saturated rings. The maximum Gasteiger partial charge on any atom is 0.323 e. The number of hydrogen-bond donors (Lipinski definition) is 2. The molecule has 0 rings (SSSR count). The van der Waals surface area contributed by atoms with Crippen molar-refractivity contribution in [2.45, 2.75) is 78.4 Å². The maximum absolute atomic E-state index is 11.5. The summed E-state index contributed by atoms with van der Waals surface area (Å²) in [6.45, 7) is 14.2. The van der Waals surface area contributed by atoms with E-state index >= 15 is 0 Å². The molecule has 2 atom stereocenters. The van der Waals surface area contributed by atoms with E-state index in [1.807, 2.05) is 0 Å². The molecule has 0 bridgehead atoms. The third kappa shape index (κ3) is 5.91. The number of nitrogens with zero attached hydrogens (tertiary/aromatic N) is 1. The molecule has 0 aliphatic carbocycles. The first-order valence-electron chi connectivity index (χ1n) is 7.52. The van der Waals surface area contributed by atoms with Crippen molar-refractivity contribution >= 4 is 5.97 Å². The maximum atomic E-state index is 11.5. The molecule has 0 saturated heterocycles. The van der Waals surface area contributed by atoms with Gasteiger partial charge in [-0.25, -0.2) is 0 Å². The van der Waals surface area contributed by atoms with Crippen molar-refractivity contribution < 1.29 is 9.90 Å². The molecule has 0 aromatic carbocycles. The van der Waals surface area contributed by atoms with E-state index in [1.165, 1.54) is 0 Å². The van der Waals surface area contributed by atoms with Crippen LogP contribution >= 0.6 is 0 Å². The first kappa shape index (κ1) is 18.4. The monoisotopic (exact) mass is 272 g/mol. The van der Waals surface area contributed by atoms with Crippen molar-refractivity contribution in [1.82, 2.24) is 10.2 Å². The van der Waals surface area contributed by atoms with Crippen molar-refractivity contribution in [3.63, 3.8) is 0 Å². The molecule has 114 valence electrons. The number of rotatable bonds is 10. The first-order valence-corrected chi connectivity index (χ1v) is 7.52. The van der Waals surface area contributed by atoms with Crippen molar-refractivity contribution in [2.75, 3.05) is 13.1 Å². The summed E-state index contributed by atoms with van der Waals surface area (Å²) in [6.07, 6.45) is 2.66. The molecule has 0 amide bonds. The normalized spacial score (nSPS) is 16.6. The first-order chi connectivity index (χ1) is 8.78. The van der Waals surface area contributed by atoms with Gasteiger partial charge in [0.1, 0.15) is 5.54 Å². The summed E-state index contributed by atoms with van der Waals surface area (Å²) in [5.41, 5.74) is -0.837. The second-order valence-corrected chi connectivity index (χ2v) is 5.95. The van der Waals surface area contributed by atoms with Crippen LogP contribution in [0.3, 0.4) is 0 Å². The van der Waals surface area contributed by atoms with Crippen LogP contribution in [0.1, 0.15) is 60.8 Å². The molecule has 0 aliphatic rings. The van der Waals surface area contributed by atoms with Crippen molar-refractivity contribution in [2.24, 2.45) is 0 Å². The molecule has 0 aliphatic heterocycles. The molecule has 0 saturated carbocycles. The topological polar surface area (TPSA) is 52.6 Å². The number of carboxylic acids is 1. The second kappa shape index (κ2) is 8.54. The van der Waals surface area contributed by atoms with E-state index in [2.05, 4.69) is 44.8 Å². The lowest BCUT2D eigenvalue weighted by Gasteiger charge is -2.37. The standard InChI is InChI=1S/C15H32N2O2/c1-7-9-16-15(6,14(18)19)11-13(5)17(10-8-2)12(3)4/h12-13,16H,7-11H2,1-6H3,(H,18,19). The minimum absolute atomic E-state index is 0.255. The Labute approximate surface area is 118 Å². The summed E-state index contributed by atoms with van der Waals surface area (Å²) >= 11 is 0. The SMILES string of the molecule is CCCNC(C)(CC(C)N(CCC)C(C)C)C(=O)O. The van der Waals surface area contributed by atoms with Crippen LogP contribution in [0.25, 0.3) is 0 Å². The van der Waals surface area contributed by atoms with E-state index in [0.717, 1.165) is 25.9 Å². The predicted molar refractivity (Wildman–Crippen MR) is 80.5 cm³/mol. The predicted octanol–water partition coefficient (Wildman–Crippen LogP) is 2.73. The Balaban J connectivity index is 4.77. The summed E-state index contributed by atoms with van der Waals surface area (Å²) in [7, 11) is 0. The Kier molecular flexibility index (Phi) is 8.26. The molecular weight excluding hydrogens is 240 g/mol. The minimum atomic E-state index is -0.837. The Bertz CT molecular complexity index is 269. The molecule has 4 nitrogen and oxygen atoms in total. The van der Waals surface area contributed by atoms with Crippen LogP contribution in [-0.2, 0) is 4.79 Å². The lowest BCUT2D eigenvalue weighted by molar-refractivity contribution is -0.145. The van der Waals surface area contributed by atoms with E-state index in [-0.39, 0.29) is 6.04 Å². The quantitative estimate of drug-likeness (QED) is 0.642. The highest BCUT2D eigenvalue weighted by molar-refractivity contribution is 5.78. The smallest absolute Gasteiger partial charge is 0.323 e. The fraction of sp³-hybridized carbons (Fsp3) is 0.933. The van der Waals surface area contributed by atoms with Gasteiger partial charge in [0.15, 0.2) is 0 Å². The summed E-state index contributed by atoms with van der Waals surface area (Å²) in [5, 5.41) is 12.7. The number of hydrogen-bond acceptors (Lipinski definition) is 3. The summed E-state index contributed by atoms with van der Waals surface area (Å²) in [6, 6.07) is 0.699. The lowest BCUT2D eigenvalue weighted by atomic mass is 9.92. The van der Waals surface area contributed by atoms with E-state index in [0.29, 0.717) is 12.5 Å². The van der Waals surface area contributed by atoms with Gasteiger partial charge in [-0.2, -0.15) is 0 Å². The van der Waals surface area contributed by atoms with E-state index < -0.39 is 11.5 Å². The zero-order valence-electron chi connectivity index (χ0n) is 13.5. The number of nitrogens with one attached hydrogen (secondary N) is 1. The van der Waals surface area contributed by atoms with Crippen LogP contribution < -0.4 is 5.32 Å². The summed E-state index contributed by atoms with van der Waals surface area (Å²) in [4.78, 5) is 13.9. The number of aliphatic carboxylic acids is 1. The fourth-order valence-electron chi connectivity index (χ4n) is 2.59. The van der Waals surface area contributed by atoms with Crippen LogP contribution in [0.2, 0.25) is 0 Å². The number of carbonyl (C=O) groups is 1. The summed E-state index contributed by atoms with van der Waals surface area (Å²) in [5.74, 6) is -0.756. The van der Waals surface area contributed by atoms with Crippen molar-refractivity contribution in [3.05, 3.63) is 0 Å². The van der Waals surface area contributed by atoms with Crippen molar-refractivity contribution in [3.8, 4) is 0 Å². The second-order valence-electron chi connectivity index (χ2n) is 5.95. The summed E-state index contributed by atoms with van der Waals surface area (Å²) < 4.78 is 0. The molecule has 0 heterocycles. The van der Waals surface area contributed by atoms with Gasteiger partial charge in [-0.15, -0.1) is 0 Å². The third-order valence-corrected chi connectivity index (χ3v) is 3.65. The molecule has 0 radical (unpaired) electrons. The molecule has 0 aromatic rings. The Morgan fingerprint density at radius 2 is 1.84 bits per heavy atom. The van der Waals surface area contributed by atoms with Gasteiger partial charge in [0.25, 0.3) is 0 Å². The highest BCUT2D eigenvalue weighted by atomic mass is 16.4. The van der Waals surface area contributed by atoms with Crippen LogP contribution in [0.5, 0.6) is 0 Å². The average molecular weight is 272 g/mol. The van der Waals surface area contributed by atoms with Gasteiger partial charge in [-0.05, 0) is 60.0 Å². The van der Waals surface area contributed by atoms with Gasteiger partial charge in [0, 0.05) is 12.1 Å².